The lowest BCUT2D eigenvalue weighted by atomic mass is 10.1. The number of phenolic OH excluding ortho intramolecular Hbond substituents is 1. The van der Waals surface area contributed by atoms with Crippen LogP contribution in [0.1, 0.15) is 29.2 Å². The Kier molecular flexibility index (Phi) is 3.70. The third-order valence-electron chi connectivity index (χ3n) is 3.94. The van der Waals surface area contributed by atoms with E-state index in [1.54, 1.807) is 18.2 Å². The molecule has 3 heteroatoms. The van der Waals surface area contributed by atoms with Gasteiger partial charge in [-0.1, -0.05) is 24.3 Å². The van der Waals surface area contributed by atoms with Crippen molar-refractivity contribution in [3.63, 3.8) is 0 Å². The molecular formula is C17H18FNO. The van der Waals surface area contributed by atoms with Crippen LogP contribution in [-0.4, -0.2) is 11.7 Å². The van der Waals surface area contributed by atoms with E-state index in [0.717, 1.165) is 36.9 Å². The molecule has 0 saturated heterocycles. The predicted octanol–water partition coefficient (Wildman–Crippen LogP) is 3.35. The van der Waals surface area contributed by atoms with Crippen molar-refractivity contribution in [2.75, 3.05) is 6.54 Å². The molecule has 2 N–H and O–H groups in total. The highest BCUT2D eigenvalue weighted by atomic mass is 19.1. The van der Waals surface area contributed by atoms with Crippen LogP contribution in [0.15, 0.2) is 42.5 Å². The van der Waals surface area contributed by atoms with Crippen LogP contribution in [0, 0.1) is 5.82 Å². The topological polar surface area (TPSA) is 32.3 Å². The highest BCUT2D eigenvalue weighted by molar-refractivity contribution is 5.44. The van der Waals surface area contributed by atoms with Gasteiger partial charge in [0.15, 0.2) is 0 Å². The van der Waals surface area contributed by atoms with Crippen LogP contribution in [-0.2, 0) is 12.8 Å². The molecule has 0 aliphatic heterocycles. The lowest BCUT2D eigenvalue weighted by Gasteiger charge is -2.14. The first kappa shape index (κ1) is 13.1. The highest BCUT2D eigenvalue weighted by Gasteiger charge is 2.23. The van der Waals surface area contributed by atoms with Crippen molar-refractivity contribution in [1.29, 1.82) is 0 Å². The van der Waals surface area contributed by atoms with Gasteiger partial charge in [-0.3, -0.25) is 0 Å². The zero-order chi connectivity index (χ0) is 13.9. The number of nitrogens with one attached hydrogen (secondary N) is 1. The fourth-order valence-electron chi connectivity index (χ4n) is 2.93. The van der Waals surface area contributed by atoms with Gasteiger partial charge in [0.1, 0.15) is 11.6 Å². The second-order valence-electron chi connectivity index (χ2n) is 5.27. The molecule has 2 aromatic rings. The minimum Gasteiger partial charge on any atom is -0.508 e. The van der Waals surface area contributed by atoms with Gasteiger partial charge >= 0.3 is 0 Å². The molecule has 1 aliphatic carbocycles. The smallest absolute Gasteiger partial charge is 0.123 e. The maximum atomic E-state index is 13.1. The molecule has 1 aliphatic rings. The van der Waals surface area contributed by atoms with Crippen LogP contribution < -0.4 is 5.32 Å². The minimum absolute atomic E-state index is 0.182. The van der Waals surface area contributed by atoms with Crippen molar-refractivity contribution in [2.45, 2.75) is 25.3 Å². The monoisotopic (exact) mass is 271 g/mol. The summed E-state index contributed by atoms with van der Waals surface area (Å²) in [7, 11) is 0. The summed E-state index contributed by atoms with van der Waals surface area (Å²) < 4.78 is 13.1. The maximum Gasteiger partial charge on any atom is 0.123 e. The lowest BCUT2D eigenvalue weighted by molar-refractivity contribution is 0.469. The van der Waals surface area contributed by atoms with E-state index in [1.807, 2.05) is 12.1 Å². The first-order valence-electron chi connectivity index (χ1n) is 7.02. The number of hydrogen-bond acceptors (Lipinski definition) is 2. The molecule has 0 spiro atoms. The van der Waals surface area contributed by atoms with Crippen molar-refractivity contribution in [3.05, 3.63) is 65.0 Å². The Bertz CT molecular complexity index is 612. The van der Waals surface area contributed by atoms with E-state index >= 15 is 0 Å². The van der Waals surface area contributed by atoms with Crippen LogP contribution in [0.5, 0.6) is 5.75 Å². The van der Waals surface area contributed by atoms with E-state index in [2.05, 4.69) is 11.4 Å². The summed E-state index contributed by atoms with van der Waals surface area (Å²) in [6, 6.07) is 12.7. The number of aromatic hydroxyl groups is 1. The molecule has 2 aromatic carbocycles. The van der Waals surface area contributed by atoms with Crippen molar-refractivity contribution in [1.82, 2.24) is 5.32 Å². The SMILES string of the molecule is Oc1cccc2c1CCC2NCCc1cccc(F)c1. The van der Waals surface area contributed by atoms with Crippen LogP contribution in [0.2, 0.25) is 0 Å². The highest BCUT2D eigenvalue weighted by Crippen LogP contribution is 2.36. The third kappa shape index (κ3) is 2.68. The molecular weight excluding hydrogens is 253 g/mol. The quantitative estimate of drug-likeness (QED) is 0.893. The number of fused-ring (bicyclic) bond motifs is 1. The molecule has 0 bridgehead atoms. The van der Waals surface area contributed by atoms with Gasteiger partial charge in [0.05, 0.1) is 0 Å². The van der Waals surface area contributed by atoms with Crippen LogP contribution in [0.25, 0.3) is 0 Å². The van der Waals surface area contributed by atoms with Crippen molar-refractivity contribution in [3.8, 4) is 5.75 Å². The van der Waals surface area contributed by atoms with Gasteiger partial charge in [-0.25, -0.2) is 4.39 Å². The molecule has 2 nitrogen and oxygen atoms in total. The first-order chi connectivity index (χ1) is 9.74. The number of benzene rings is 2. The van der Waals surface area contributed by atoms with Crippen molar-refractivity contribution < 1.29 is 9.50 Å². The molecule has 104 valence electrons. The number of rotatable bonds is 4. The van der Waals surface area contributed by atoms with Crippen molar-refractivity contribution >= 4 is 0 Å². The summed E-state index contributed by atoms with van der Waals surface area (Å²) in [6.07, 6.45) is 2.73. The van der Waals surface area contributed by atoms with Gasteiger partial charge in [0.25, 0.3) is 0 Å². The Balaban J connectivity index is 1.60. The Morgan fingerprint density at radius 1 is 1.20 bits per heavy atom. The average molecular weight is 271 g/mol. The zero-order valence-corrected chi connectivity index (χ0v) is 11.3. The molecule has 1 unspecified atom stereocenters. The summed E-state index contributed by atoms with van der Waals surface area (Å²) >= 11 is 0. The van der Waals surface area contributed by atoms with E-state index in [9.17, 15) is 9.50 Å². The Morgan fingerprint density at radius 3 is 2.90 bits per heavy atom. The number of halogens is 1. The van der Waals surface area contributed by atoms with Crippen LogP contribution >= 0.6 is 0 Å². The van der Waals surface area contributed by atoms with Gasteiger partial charge in [-0.15, -0.1) is 0 Å². The Morgan fingerprint density at radius 2 is 2.05 bits per heavy atom. The molecule has 0 heterocycles. The molecule has 0 aromatic heterocycles. The summed E-state index contributed by atoms with van der Waals surface area (Å²) in [5.74, 6) is 0.218. The Labute approximate surface area is 118 Å². The minimum atomic E-state index is -0.182. The van der Waals surface area contributed by atoms with E-state index in [1.165, 1.54) is 11.6 Å². The first-order valence-corrected chi connectivity index (χ1v) is 7.02. The average Bonchev–Trinajstić information content (AvgIpc) is 2.84. The fraction of sp³-hybridized carbons (Fsp3) is 0.294. The fourth-order valence-corrected chi connectivity index (χ4v) is 2.93. The molecule has 0 saturated carbocycles. The molecule has 3 rings (SSSR count). The lowest BCUT2D eigenvalue weighted by Crippen LogP contribution is -2.21. The summed E-state index contributed by atoms with van der Waals surface area (Å²) in [6.45, 7) is 0.809. The van der Waals surface area contributed by atoms with E-state index in [-0.39, 0.29) is 5.82 Å². The summed E-state index contributed by atoms with van der Waals surface area (Å²) in [4.78, 5) is 0. The summed E-state index contributed by atoms with van der Waals surface area (Å²) in [5, 5.41) is 13.3. The summed E-state index contributed by atoms with van der Waals surface area (Å²) in [5.41, 5.74) is 3.27. The van der Waals surface area contributed by atoms with Gasteiger partial charge in [-0.2, -0.15) is 0 Å². The largest absolute Gasteiger partial charge is 0.508 e. The Hall–Kier alpha value is -1.87. The van der Waals surface area contributed by atoms with E-state index in [0.29, 0.717) is 11.8 Å². The van der Waals surface area contributed by atoms with Crippen LogP contribution in [0.3, 0.4) is 0 Å². The number of hydrogen-bond donors (Lipinski definition) is 2. The van der Waals surface area contributed by atoms with Crippen molar-refractivity contribution in [2.24, 2.45) is 0 Å². The molecule has 0 radical (unpaired) electrons. The zero-order valence-electron chi connectivity index (χ0n) is 11.3. The van der Waals surface area contributed by atoms with E-state index < -0.39 is 0 Å². The second kappa shape index (κ2) is 5.63. The van der Waals surface area contributed by atoms with Crippen LogP contribution in [0.4, 0.5) is 4.39 Å². The predicted molar refractivity (Wildman–Crippen MR) is 77.3 cm³/mol. The van der Waals surface area contributed by atoms with Gasteiger partial charge < -0.3 is 10.4 Å². The molecule has 0 amide bonds. The molecule has 1 atom stereocenters. The maximum absolute atomic E-state index is 13.1. The molecule has 0 fully saturated rings. The van der Waals surface area contributed by atoms with Gasteiger partial charge in [0.2, 0.25) is 0 Å². The standard InChI is InChI=1S/C17H18FNO/c18-13-4-1-3-12(11-13)9-10-19-16-8-7-15-14(16)5-2-6-17(15)20/h1-6,11,16,19-20H,7-10H2. The molecule has 20 heavy (non-hydrogen) atoms. The third-order valence-corrected chi connectivity index (χ3v) is 3.94. The normalized spacial score (nSPS) is 17.1. The van der Waals surface area contributed by atoms with Gasteiger partial charge in [-0.05, 0) is 60.7 Å². The van der Waals surface area contributed by atoms with E-state index in [4.69, 9.17) is 0 Å². The second-order valence-corrected chi connectivity index (χ2v) is 5.27. The number of phenols is 1. The van der Waals surface area contributed by atoms with Gasteiger partial charge in [0, 0.05) is 6.04 Å².